The highest BCUT2D eigenvalue weighted by Crippen LogP contribution is 2.45. The molecule has 0 atom stereocenters. The molecule has 0 unspecified atom stereocenters. The normalized spacial score (nSPS) is 15.9. The number of pyridine rings is 1. The Hall–Kier alpha value is -0.890. The smallest absolute Gasteiger partial charge is 0.340 e. The molecule has 0 amide bonds. The first-order valence-corrected chi connectivity index (χ1v) is 10.3. The van der Waals surface area contributed by atoms with Crippen molar-refractivity contribution in [1.82, 2.24) is 4.98 Å². The van der Waals surface area contributed by atoms with E-state index < -0.39 is 10.1 Å². The van der Waals surface area contributed by atoms with E-state index in [1.807, 2.05) is 35.7 Å². The number of nitrogens with zero attached hydrogens (tertiary/aromatic N) is 1. The Morgan fingerprint density at radius 3 is 2.36 bits per heavy atom. The second-order valence-corrected chi connectivity index (χ2v) is 9.15. The number of hydrogen-bond donors (Lipinski definition) is 0. The van der Waals surface area contributed by atoms with Gasteiger partial charge in [-0.15, -0.1) is 23.5 Å². The van der Waals surface area contributed by atoms with Crippen molar-refractivity contribution in [3.63, 3.8) is 0 Å². The molecule has 1 aliphatic rings. The van der Waals surface area contributed by atoms with Gasteiger partial charge in [0.2, 0.25) is 0 Å². The van der Waals surface area contributed by atoms with E-state index in [9.17, 15) is 8.42 Å². The molecule has 1 fully saturated rings. The summed E-state index contributed by atoms with van der Waals surface area (Å²) in [6.07, 6.45) is 1.18. The molecule has 2 heterocycles. The van der Waals surface area contributed by atoms with Crippen LogP contribution in [0.25, 0.3) is 0 Å². The van der Waals surface area contributed by atoms with E-state index >= 15 is 0 Å². The van der Waals surface area contributed by atoms with Crippen LogP contribution in [-0.4, -0.2) is 24.9 Å². The summed E-state index contributed by atoms with van der Waals surface area (Å²) in [6, 6.07) is 9.94. The Morgan fingerprint density at radius 2 is 1.77 bits per heavy atom. The van der Waals surface area contributed by atoms with Gasteiger partial charge in [0.1, 0.15) is 15.8 Å². The third-order valence-corrected chi connectivity index (χ3v) is 7.53. The van der Waals surface area contributed by atoms with Crippen molar-refractivity contribution in [3.8, 4) is 5.75 Å². The van der Waals surface area contributed by atoms with Crippen molar-refractivity contribution in [2.24, 2.45) is 0 Å². The van der Waals surface area contributed by atoms with Gasteiger partial charge in [0.15, 0.2) is 0 Å². The van der Waals surface area contributed by atoms with Gasteiger partial charge >= 0.3 is 10.1 Å². The fraction of sp³-hybridized carbons (Fsp3) is 0.214. The van der Waals surface area contributed by atoms with Crippen LogP contribution in [0.4, 0.5) is 0 Å². The van der Waals surface area contributed by atoms with E-state index in [0.29, 0.717) is 4.58 Å². The van der Waals surface area contributed by atoms with Crippen LogP contribution >= 0.6 is 35.1 Å². The van der Waals surface area contributed by atoms with Crippen molar-refractivity contribution < 1.29 is 12.6 Å². The standard InChI is InChI=1S/C14H12ClNO3S3/c15-13-6-5-12(9-16-13)22(17,18)19-11-3-1-10(2-4-11)14-20-7-8-21-14/h1-6,9,14H,7-8H2. The van der Waals surface area contributed by atoms with E-state index in [2.05, 4.69) is 4.98 Å². The van der Waals surface area contributed by atoms with Gasteiger partial charge in [-0.1, -0.05) is 23.7 Å². The number of halogens is 1. The van der Waals surface area contributed by atoms with E-state index in [-0.39, 0.29) is 15.8 Å². The van der Waals surface area contributed by atoms with Crippen LogP contribution in [0.2, 0.25) is 5.15 Å². The van der Waals surface area contributed by atoms with Crippen LogP contribution in [0.1, 0.15) is 10.1 Å². The predicted octanol–water partition coefficient (Wildman–Crippen LogP) is 3.98. The Labute approximate surface area is 142 Å². The van der Waals surface area contributed by atoms with Crippen LogP contribution in [0.3, 0.4) is 0 Å². The van der Waals surface area contributed by atoms with Gasteiger partial charge in [-0.25, -0.2) is 4.98 Å². The van der Waals surface area contributed by atoms with Crippen molar-refractivity contribution in [1.29, 1.82) is 0 Å². The molecular weight excluding hydrogens is 362 g/mol. The Morgan fingerprint density at radius 1 is 1.09 bits per heavy atom. The predicted molar refractivity (Wildman–Crippen MR) is 91.2 cm³/mol. The summed E-state index contributed by atoms with van der Waals surface area (Å²) in [5.74, 6) is 2.57. The molecule has 116 valence electrons. The Bertz CT molecular complexity index is 742. The summed E-state index contributed by atoms with van der Waals surface area (Å²) in [5.41, 5.74) is 1.17. The van der Waals surface area contributed by atoms with Gasteiger partial charge < -0.3 is 4.18 Å². The van der Waals surface area contributed by atoms with Crippen molar-refractivity contribution in [3.05, 3.63) is 53.3 Å². The molecule has 1 aromatic heterocycles. The highest BCUT2D eigenvalue weighted by Gasteiger charge is 2.20. The molecule has 3 rings (SSSR count). The summed E-state index contributed by atoms with van der Waals surface area (Å²) < 4.78 is 29.8. The van der Waals surface area contributed by atoms with Crippen LogP contribution in [0.15, 0.2) is 47.5 Å². The molecule has 2 aromatic rings. The molecule has 1 saturated heterocycles. The second-order valence-electron chi connectivity index (χ2n) is 4.50. The first kappa shape index (κ1) is 16.0. The second kappa shape index (κ2) is 6.70. The zero-order valence-corrected chi connectivity index (χ0v) is 14.5. The van der Waals surface area contributed by atoms with Gasteiger partial charge in [-0.05, 0) is 29.8 Å². The average Bonchev–Trinajstić information content (AvgIpc) is 3.02. The van der Waals surface area contributed by atoms with Crippen LogP contribution < -0.4 is 4.18 Å². The van der Waals surface area contributed by atoms with Crippen LogP contribution in [0.5, 0.6) is 5.75 Å². The SMILES string of the molecule is O=S(=O)(Oc1ccc(C2SCCS2)cc1)c1ccc(Cl)nc1. The molecule has 0 N–H and O–H groups in total. The van der Waals surface area contributed by atoms with Gasteiger partial charge in [0.25, 0.3) is 0 Å². The summed E-state index contributed by atoms with van der Waals surface area (Å²) in [7, 11) is -3.89. The van der Waals surface area contributed by atoms with E-state index in [4.69, 9.17) is 15.8 Å². The lowest BCUT2D eigenvalue weighted by molar-refractivity contribution is 0.485. The van der Waals surface area contributed by atoms with Gasteiger partial charge in [0, 0.05) is 11.5 Å². The molecule has 22 heavy (non-hydrogen) atoms. The van der Waals surface area contributed by atoms with Crippen molar-refractivity contribution >= 4 is 45.2 Å². The fourth-order valence-corrected chi connectivity index (χ4v) is 5.76. The van der Waals surface area contributed by atoms with E-state index in [1.165, 1.54) is 23.9 Å². The van der Waals surface area contributed by atoms with Crippen molar-refractivity contribution in [2.45, 2.75) is 9.48 Å². The largest absolute Gasteiger partial charge is 0.379 e. The summed E-state index contributed by atoms with van der Waals surface area (Å²) in [5, 5.41) is 0.231. The maximum absolute atomic E-state index is 12.1. The number of rotatable bonds is 4. The Balaban J connectivity index is 1.75. The third kappa shape index (κ3) is 3.71. The van der Waals surface area contributed by atoms with Crippen LogP contribution in [-0.2, 0) is 10.1 Å². The Kier molecular flexibility index (Phi) is 4.87. The lowest BCUT2D eigenvalue weighted by Crippen LogP contribution is -2.10. The fourth-order valence-electron chi connectivity index (χ4n) is 1.92. The molecule has 1 aromatic carbocycles. The minimum atomic E-state index is -3.89. The minimum absolute atomic E-state index is 0.0251. The topological polar surface area (TPSA) is 56.3 Å². The number of aromatic nitrogens is 1. The molecule has 0 spiro atoms. The maximum atomic E-state index is 12.1. The first-order chi connectivity index (χ1) is 10.5. The summed E-state index contributed by atoms with van der Waals surface area (Å²) >= 11 is 9.44. The quantitative estimate of drug-likeness (QED) is 0.596. The minimum Gasteiger partial charge on any atom is -0.379 e. The van der Waals surface area contributed by atoms with Gasteiger partial charge in [-0.3, -0.25) is 0 Å². The number of hydrogen-bond acceptors (Lipinski definition) is 6. The lowest BCUT2D eigenvalue weighted by atomic mass is 10.2. The molecule has 8 heteroatoms. The third-order valence-electron chi connectivity index (χ3n) is 2.97. The molecule has 4 nitrogen and oxygen atoms in total. The monoisotopic (exact) mass is 373 g/mol. The molecular formula is C14H12ClNO3S3. The zero-order valence-electron chi connectivity index (χ0n) is 11.3. The number of benzene rings is 1. The van der Waals surface area contributed by atoms with Crippen molar-refractivity contribution in [2.75, 3.05) is 11.5 Å². The molecule has 0 saturated carbocycles. The van der Waals surface area contributed by atoms with Crippen LogP contribution in [0, 0.1) is 0 Å². The summed E-state index contributed by atoms with van der Waals surface area (Å²) in [4.78, 5) is 3.73. The molecule has 0 aliphatic carbocycles. The molecule has 0 radical (unpaired) electrons. The molecule has 0 bridgehead atoms. The first-order valence-electron chi connectivity index (χ1n) is 6.44. The average molecular weight is 374 g/mol. The van der Waals surface area contributed by atoms with Gasteiger partial charge in [0.05, 0.1) is 10.8 Å². The van der Waals surface area contributed by atoms with Gasteiger partial charge in [-0.2, -0.15) is 8.42 Å². The lowest BCUT2D eigenvalue weighted by Gasteiger charge is -2.10. The molecule has 1 aliphatic heterocycles. The van der Waals surface area contributed by atoms with E-state index in [1.54, 1.807) is 12.1 Å². The summed E-state index contributed by atoms with van der Waals surface area (Å²) in [6.45, 7) is 0. The zero-order chi connectivity index (χ0) is 15.6. The highest BCUT2D eigenvalue weighted by atomic mass is 35.5. The van der Waals surface area contributed by atoms with E-state index in [0.717, 1.165) is 11.5 Å². The highest BCUT2D eigenvalue weighted by molar-refractivity contribution is 8.19. The maximum Gasteiger partial charge on any atom is 0.340 e. The number of thioether (sulfide) groups is 2.